The van der Waals surface area contributed by atoms with Gasteiger partial charge >= 0.3 is 36.4 Å². The Kier molecular flexibility index (Phi) is 16.7. The maximum atomic E-state index is 13.0. The molecule has 10 nitrogen and oxygen atoms in total. The van der Waals surface area contributed by atoms with E-state index < -0.39 is 65.9 Å². The maximum Gasteiger partial charge on any atom is 0.404 e. The SMILES string of the molecule is CCC(C)(C(=O)OCOC1C2CC3CC(C2)C(=O)C1C3)C(F)(F)F.CCC(C)(C(=O)OCOC1C2CC3CC(C2)CC1C3)C(F)(F)F.CCC(C)(C(=O)OCOCC12CC3CC(CC(C3)C1)C2)C(F)(F)F. The van der Waals surface area contributed by atoms with E-state index in [0.717, 1.165) is 121 Å². The van der Waals surface area contributed by atoms with Crippen molar-refractivity contribution in [1.82, 2.24) is 0 Å². The molecular weight excluding hydrogens is 956 g/mol. The average molecular weight is 1030 g/mol. The van der Waals surface area contributed by atoms with Crippen molar-refractivity contribution in [1.29, 1.82) is 0 Å². The van der Waals surface area contributed by atoms with E-state index in [1.165, 1.54) is 46.5 Å². The average Bonchev–Trinajstić information content (AvgIpc) is 3.28. The second-order valence-electron chi connectivity index (χ2n) is 23.9. The van der Waals surface area contributed by atoms with Gasteiger partial charge < -0.3 is 28.4 Å². The third-order valence-electron chi connectivity index (χ3n) is 19.3. The summed E-state index contributed by atoms with van der Waals surface area (Å²) < 4.78 is 149. The molecule has 12 fully saturated rings. The number of carbonyl (C=O) groups excluding carboxylic acids is 4. The van der Waals surface area contributed by atoms with E-state index in [2.05, 4.69) is 0 Å². The van der Waals surface area contributed by atoms with Gasteiger partial charge in [-0.15, -0.1) is 0 Å². The summed E-state index contributed by atoms with van der Waals surface area (Å²) in [6, 6.07) is 0. The normalized spacial score (nSPS) is 37.7. The Bertz CT molecular complexity index is 1840. The number of alkyl halides is 9. The molecule has 12 rings (SSSR count). The fourth-order valence-corrected chi connectivity index (χ4v) is 15.0. The standard InChI is InChI=1S/C18H27F3O3.C17H23F3O4.C17H25F3O3/c1-3-16(2,18(19,20)21)15(22)24-11-23-10-17-7-12-4-13(8-17)6-14(5-12)9-17;1-3-16(2,17(18,19)20)15(22)24-8-23-14-11-5-9-4-10(7-11)13(21)12(14)6-9;1-3-16(2,17(18,19)20)15(21)23-9-22-14-12-5-10-4-11(7-12)8-13(14)6-10/h12-14H,3-11H2,1-2H3;9-12,14H,3-8H2,1-2H3;10-14H,3-9H2,1-2H3. The summed E-state index contributed by atoms with van der Waals surface area (Å²) >= 11 is 0. The zero-order chi connectivity index (χ0) is 52.1. The van der Waals surface area contributed by atoms with Crippen LogP contribution in [0.25, 0.3) is 0 Å². The minimum Gasteiger partial charge on any atom is -0.438 e. The van der Waals surface area contributed by atoms with Crippen molar-refractivity contribution in [2.24, 2.45) is 86.8 Å². The van der Waals surface area contributed by atoms with Crippen LogP contribution in [0.15, 0.2) is 0 Å². The molecule has 0 aromatic carbocycles. The first-order valence-electron chi connectivity index (χ1n) is 26.2. The predicted octanol–water partition coefficient (Wildman–Crippen LogP) is 12.5. The van der Waals surface area contributed by atoms with Gasteiger partial charge in [-0.3, -0.25) is 19.2 Å². The number of ether oxygens (including phenoxy) is 6. The number of hydrogen-bond donors (Lipinski definition) is 0. The molecule has 0 saturated heterocycles. The van der Waals surface area contributed by atoms with Gasteiger partial charge in [-0.2, -0.15) is 39.5 Å². The zero-order valence-corrected chi connectivity index (χ0v) is 42.0. The van der Waals surface area contributed by atoms with E-state index >= 15 is 0 Å². The summed E-state index contributed by atoms with van der Waals surface area (Å²) in [5, 5.41) is 0. The minimum absolute atomic E-state index is 0.0503. The molecule has 19 heteroatoms. The molecule has 12 bridgehead atoms. The van der Waals surface area contributed by atoms with Gasteiger partial charge in [-0.05, 0) is 195 Å². The summed E-state index contributed by atoms with van der Waals surface area (Å²) in [5.41, 5.74) is -7.28. The van der Waals surface area contributed by atoms with Crippen molar-refractivity contribution in [2.75, 3.05) is 27.0 Å². The quantitative estimate of drug-likeness (QED) is 0.0485. The van der Waals surface area contributed by atoms with Gasteiger partial charge in [0.15, 0.2) is 36.6 Å². The molecule has 8 atom stereocenters. The van der Waals surface area contributed by atoms with Crippen LogP contribution in [0.4, 0.5) is 39.5 Å². The summed E-state index contributed by atoms with van der Waals surface area (Å²) in [5.74, 6) is 2.11. The van der Waals surface area contributed by atoms with Crippen LogP contribution in [0.3, 0.4) is 0 Å². The first kappa shape index (κ1) is 56.1. The van der Waals surface area contributed by atoms with Crippen LogP contribution >= 0.6 is 0 Å². The van der Waals surface area contributed by atoms with E-state index in [4.69, 9.17) is 28.4 Å². The monoisotopic (exact) mass is 1030 g/mol. The number of esters is 3. The highest BCUT2D eigenvalue weighted by Gasteiger charge is 2.60. The van der Waals surface area contributed by atoms with Crippen LogP contribution in [0.5, 0.6) is 0 Å². The summed E-state index contributed by atoms with van der Waals surface area (Å²) in [6.45, 7) is 5.81. The van der Waals surface area contributed by atoms with Crippen LogP contribution in [-0.4, -0.2) is 81.4 Å². The maximum absolute atomic E-state index is 13.0. The molecule has 71 heavy (non-hydrogen) atoms. The smallest absolute Gasteiger partial charge is 0.404 e. The number of rotatable bonds is 16. The summed E-state index contributed by atoms with van der Waals surface area (Å²) in [4.78, 5) is 47.9. The lowest BCUT2D eigenvalue weighted by Crippen LogP contribution is -2.55. The number of halogens is 9. The number of carbonyl (C=O) groups is 4. The largest absolute Gasteiger partial charge is 0.438 e. The van der Waals surface area contributed by atoms with Crippen LogP contribution in [-0.2, 0) is 47.6 Å². The topological polar surface area (TPSA) is 124 Å². The van der Waals surface area contributed by atoms with Crippen LogP contribution in [0.2, 0.25) is 0 Å². The predicted molar refractivity (Wildman–Crippen MR) is 237 cm³/mol. The fourth-order valence-electron chi connectivity index (χ4n) is 15.0. The Morgan fingerprint density at radius 1 is 0.479 bits per heavy atom. The van der Waals surface area contributed by atoms with E-state index in [1.807, 2.05) is 0 Å². The lowest BCUT2D eigenvalue weighted by atomic mass is 9.50. The molecule has 0 aliphatic heterocycles. The molecule has 0 spiro atoms. The lowest BCUT2D eigenvalue weighted by Gasteiger charge is -2.56. The Labute approximate surface area is 411 Å². The molecule has 406 valence electrons. The number of ketones is 1. The van der Waals surface area contributed by atoms with Crippen molar-refractivity contribution in [2.45, 2.75) is 188 Å². The highest BCUT2D eigenvalue weighted by atomic mass is 19.4. The van der Waals surface area contributed by atoms with Crippen molar-refractivity contribution >= 4 is 23.7 Å². The Hall–Kier alpha value is -2.67. The number of Topliss-reactive ketones (excluding diaryl/α,β-unsaturated/α-hetero) is 1. The Balaban J connectivity index is 0.000000157. The van der Waals surface area contributed by atoms with Gasteiger partial charge in [-0.25, -0.2) is 0 Å². The van der Waals surface area contributed by atoms with Gasteiger partial charge in [0.25, 0.3) is 0 Å². The van der Waals surface area contributed by atoms with Crippen molar-refractivity contribution in [3.63, 3.8) is 0 Å². The minimum atomic E-state index is -4.67. The van der Waals surface area contributed by atoms with E-state index in [0.29, 0.717) is 24.4 Å². The molecule has 12 aliphatic carbocycles. The summed E-state index contributed by atoms with van der Waals surface area (Å²) in [6.07, 6.45) is 1.69. The van der Waals surface area contributed by atoms with Gasteiger partial charge in [0.2, 0.25) is 0 Å². The van der Waals surface area contributed by atoms with Crippen molar-refractivity contribution in [3.05, 3.63) is 0 Å². The highest BCUT2D eigenvalue weighted by Crippen LogP contribution is 2.60. The van der Waals surface area contributed by atoms with Crippen LogP contribution in [0, 0.1) is 86.8 Å². The second kappa shape index (κ2) is 21.2. The Morgan fingerprint density at radius 3 is 1.23 bits per heavy atom. The zero-order valence-electron chi connectivity index (χ0n) is 42.0. The first-order valence-corrected chi connectivity index (χ1v) is 26.2. The van der Waals surface area contributed by atoms with Crippen molar-refractivity contribution in [3.8, 4) is 0 Å². The molecule has 0 aromatic heterocycles. The van der Waals surface area contributed by atoms with E-state index in [1.54, 1.807) is 0 Å². The molecule has 0 amide bonds. The van der Waals surface area contributed by atoms with E-state index in [-0.39, 0.29) is 67.6 Å². The summed E-state index contributed by atoms with van der Waals surface area (Å²) in [7, 11) is 0. The van der Waals surface area contributed by atoms with Crippen LogP contribution in [0.1, 0.15) is 157 Å². The third-order valence-corrected chi connectivity index (χ3v) is 19.3. The molecule has 0 heterocycles. The second-order valence-corrected chi connectivity index (χ2v) is 23.9. The van der Waals surface area contributed by atoms with Gasteiger partial charge in [0, 0.05) is 11.8 Å². The molecule has 0 N–H and O–H groups in total. The van der Waals surface area contributed by atoms with Gasteiger partial charge in [-0.1, -0.05) is 20.8 Å². The first-order chi connectivity index (χ1) is 33.1. The highest BCUT2D eigenvalue weighted by molar-refractivity contribution is 5.86. The van der Waals surface area contributed by atoms with Crippen molar-refractivity contribution < 1.29 is 87.1 Å². The van der Waals surface area contributed by atoms with E-state index in [9.17, 15) is 58.7 Å². The lowest BCUT2D eigenvalue weighted by molar-refractivity contribution is -0.242. The molecule has 12 saturated carbocycles. The molecule has 8 unspecified atom stereocenters. The fraction of sp³-hybridized carbons (Fsp3) is 0.923. The number of hydrogen-bond acceptors (Lipinski definition) is 10. The molecular formula is C52H75F9O10. The molecule has 12 aliphatic rings. The Morgan fingerprint density at radius 2 is 0.831 bits per heavy atom. The molecule has 0 aromatic rings. The van der Waals surface area contributed by atoms with Crippen LogP contribution < -0.4 is 0 Å². The van der Waals surface area contributed by atoms with Gasteiger partial charge in [0.05, 0.1) is 18.8 Å². The molecule has 0 radical (unpaired) electrons. The third kappa shape index (κ3) is 11.5. The van der Waals surface area contributed by atoms with Gasteiger partial charge in [0.1, 0.15) is 5.78 Å².